The number of fused-ring (bicyclic) bond motifs is 1. The Bertz CT molecular complexity index is 1160. The van der Waals surface area contributed by atoms with E-state index in [9.17, 15) is 5.21 Å². The van der Waals surface area contributed by atoms with E-state index in [4.69, 9.17) is 0 Å². The number of aromatic nitrogens is 4. The molecule has 7 heteroatoms. The molecule has 0 spiro atoms. The molecule has 0 unspecified atom stereocenters. The Morgan fingerprint density at radius 2 is 1.72 bits per heavy atom. The number of nitrogens with zero attached hydrogens (tertiary/aromatic N) is 5. The van der Waals surface area contributed by atoms with E-state index in [1.165, 1.54) is 0 Å². The second-order valence-electron chi connectivity index (χ2n) is 7.32. The van der Waals surface area contributed by atoms with Crippen LogP contribution in [0.15, 0.2) is 61.2 Å². The quantitative estimate of drug-likeness (QED) is 0.432. The first-order valence-electron chi connectivity index (χ1n) is 9.78. The maximum atomic E-state index is 12.0. The molecule has 0 amide bonds. The molecule has 4 aromatic heterocycles. The molecule has 146 valence electrons. The molecule has 1 saturated heterocycles. The lowest BCUT2D eigenvalue weighted by molar-refractivity contribution is -0.611. The van der Waals surface area contributed by atoms with E-state index in [1.807, 2.05) is 47.3 Å². The number of imidazole rings is 1. The van der Waals surface area contributed by atoms with Crippen molar-refractivity contribution in [1.82, 2.24) is 19.7 Å². The Labute approximate surface area is 168 Å². The number of rotatable bonds is 3. The Hall–Kier alpha value is -3.45. The van der Waals surface area contributed by atoms with E-state index in [0.29, 0.717) is 5.69 Å². The summed E-state index contributed by atoms with van der Waals surface area (Å²) in [4.78, 5) is 11.5. The van der Waals surface area contributed by atoms with Crippen molar-refractivity contribution in [3.8, 4) is 22.4 Å². The van der Waals surface area contributed by atoms with Crippen LogP contribution < -0.4 is 14.9 Å². The van der Waals surface area contributed by atoms with Crippen LogP contribution in [-0.2, 0) is 0 Å². The smallest absolute Gasteiger partial charge is 0.189 e. The van der Waals surface area contributed by atoms with E-state index in [1.54, 1.807) is 13.1 Å². The highest BCUT2D eigenvalue weighted by molar-refractivity contribution is 5.68. The van der Waals surface area contributed by atoms with Gasteiger partial charge < -0.3 is 15.4 Å². The van der Waals surface area contributed by atoms with Gasteiger partial charge in [0.2, 0.25) is 0 Å². The number of hydrogen-bond acceptors (Lipinski definition) is 5. The lowest BCUT2D eigenvalue weighted by Crippen LogP contribution is -2.43. The summed E-state index contributed by atoms with van der Waals surface area (Å²) in [6.45, 7) is 5.72. The van der Waals surface area contributed by atoms with Crippen LogP contribution >= 0.6 is 0 Å². The van der Waals surface area contributed by atoms with Crippen LogP contribution in [0, 0.1) is 12.1 Å². The summed E-state index contributed by atoms with van der Waals surface area (Å²) in [6, 6.07) is 11.9. The first kappa shape index (κ1) is 17.6. The van der Waals surface area contributed by atoms with Crippen molar-refractivity contribution in [2.45, 2.75) is 6.92 Å². The second-order valence-corrected chi connectivity index (χ2v) is 7.32. The van der Waals surface area contributed by atoms with E-state index in [-0.39, 0.29) is 0 Å². The Kier molecular flexibility index (Phi) is 4.37. The highest BCUT2D eigenvalue weighted by Crippen LogP contribution is 2.25. The van der Waals surface area contributed by atoms with Gasteiger partial charge in [0.1, 0.15) is 11.5 Å². The maximum absolute atomic E-state index is 12.0. The number of nitrogens with one attached hydrogen (secondary N) is 1. The van der Waals surface area contributed by atoms with Gasteiger partial charge >= 0.3 is 0 Å². The standard InChI is InChI=1S/C22H22N6O/c1-16-2-3-19(15-28(16)29)18-5-7-22-25-13-20(27(22)14-18)17-4-6-21(24-12-17)26-10-8-23-9-11-26/h2-7,12-15,23H,8-11H2,1H3. The zero-order chi connectivity index (χ0) is 19.8. The third kappa shape index (κ3) is 3.30. The van der Waals surface area contributed by atoms with Crippen LogP contribution in [0.3, 0.4) is 0 Å². The van der Waals surface area contributed by atoms with Gasteiger partial charge in [0.15, 0.2) is 11.9 Å². The van der Waals surface area contributed by atoms with Gasteiger partial charge in [-0.2, -0.15) is 4.73 Å². The fourth-order valence-electron chi connectivity index (χ4n) is 3.71. The molecule has 0 radical (unpaired) electrons. The summed E-state index contributed by atoms with van der Waals surface area (Å²) in [5, 5.41) is 15.3. The van der Waals surface area contributed by atoms with E-state index in [2.05, 4.69) is 32.3 Å². The van der Waals surface area contributed by atoms with Gasteiger partial charge in [0.25, 0.3) is 0 Å². The molecular formula is C22H22N6O. The molecule has 0 atom stereocenters. The highest BCUT2D eigenvalue weighted by atomic mass is 16.5. The van der Waals surface area contributed by atoms with Gasteiger partial charge in [-0.1, -0.05) is 0 Å². The third-order valence-electron chi connectivity index (χ3n) is 5.43. The van der Waals surface area contributed by atoms with E-state index >= 15 is 0 Å². The van der Waals surface area contributed by atoms with Crippen LogP contribution in [0.5, 0.6) is 0 Å². The molecule has 4 aromatic rings. The van der Waals surface area contributed by atoms with Crippen molar-refractivity contribution in [1.29, 1.82) is 0 Å². The van der Waals surface area contributed by atoms with Crippen molar-refractivity contribution < 1.29 is 4.73 Å². The molecule has 5 heterocycles. The molecule has 0 bridgehead atoms. The summed E-state index contributed by atoms with van der Waals surface area (Å²) in [7, 11) is 0. The Morgan fingerprint density at radius 3 is 2.48 bits per heavy atom. The monoisotopic (exact) mass is 386 g/mol. The minimum absolute atomic E-state index is 0.675. The zero-order valence-electron chi connectivity index (χ0n) is 16.2. The van der Waals surface area contributed by atoms with E-state index in [0.717, 1.165) is 64.8 Å². The fourth-order valence-corrected chi connectivity index (χ4v) is 3.71. The first-order chi connectivity index (χ1) is 14.2. The van der Waals surface area contributed by atoms with Crippen molar-refractivity contribution in [3.05, 3.63) is 72.1 Å². The molecule has 1 N–H and O–H groups in total. The van der Waals surface area contributed by atoms with Crippen LogP contribution in [0.2, 0.25) is 0 Å². The zero-order valence-corrected chi connectivity index (χ0v) is 16.2. The van der Waals surface area contributed by atoms with Gasteiger partial charge in [-0.15, -0.1) is 0 Å². The van der Waals surface area contributed by atoms with Crippen LogP contribution in [0.4, 0.5) is 5.82 Å². The van der Waals surface area contributed by atoms with Crippen molar-refractivity contribution in [3.63, 3.8) is 0 Å². The van der Waals surface area contributed by atoms with Gasteiger partial charge in [-0.05, 0) is 30.3 Å². The summed E-state index contributed by atoms with van der Waals surface area (Å²) >= 11 is 0. The Balaban J connectivity index is 1.51. The van der Waals surface area contributed by atoms with Crippen LogP contribution in [0.25, 0.3) is 28.0 Å². The lowest BCUT2D eigenvalue weighted by atomic mass is 10.1. The number of anilines is 1. The highest BCUT2D eigenvalue weighted by Gasteiger charge is 2.13. The van der Waals surface area contributed by atoms with Gasteiger partial charge in [-0.25, -0.2) is 9.97 Å². The first-order valence-corrected chi connectivity index (χ1v) is 9.78. The van der Waals surface area contributed by atoms with Gasteiger partial charge in [0, 0.05) is 68.3 Å². The molecule has 29 heavy (non-hydrogen) atoms. The molecule has 5 rings (SSSR count). The molecule has 1 aliphatic rings. The number of aryl methyl sites for hydroxylation is 1. The SMILES string of the molecule is Cc1ccc(-c2ccc3ncc(-c4ccc(N5CCNCC5)nc4)n3c2)c[n+]1[O-]. The minimum atomic E-state index is 0.675. The molecule has 0 aromatic carbocycles. The summed E-state index contributed by atoms with van der Waals surface area (Å²) in [5.74, 6) is 1.00. The maximum Gasteiger partial charge on any atom is 0.189 e. The molecule has 1 fully saturated rings. The van der Waals surface area contributed by atoms with Crippen LogP contribution in [-0.4, -0.2) is 40.5 Å². The normalized spacial score (nSPS) is 14.4. The lowest BCUT2D eigenvalue weighted by Gasteiger charge is -2.28. The summed E-state index contributed by atoms with van der Waals surface area (Å²) in [5.41, 5.74) is 5.36. The number of piperazine rings is 1. The predicted molar refractivity (Wildman–Crippen MR) is 113 cm³/mol. The molecule has 1 aliphatic heterocycles. The van der Waals surface area contributed by atoms with E-state index < -0.39 is 0 Å². The Morgan fingerprint density at radius 1 is 0.931 bits per heavy atom. The van der Waals surface area contributed by atoms with Gasteiger partial charge in [-0.3, -0.25) is 4.40 Å². The third-order valence-corrected chi connectivity index (χ3v) is 5.43. The topological polar surface area (TPSA) is 72.4 Å². The van der Waals surface area contributed by atoms with Crippen molar-refractivity contribution in [2.24, 2.45) is 0 Å². The molecule has 0 aliphatic carbocycles. The number of pyridine rings is 3. The second kappa shape index (κ2) is 7.18. The van der Waals surface area contributed by atoms with Crippen molar-refractivity contribution in [2.75, 3.05) is 31.1 Å². The average molecular weight is 386 g/mol. The summed E-state index contributed by atoms with van der Waals surface area (Å²) < 4.78 is 2.94. The fraction of sp³-hybridized carbons (Fsp3) is 0.227. The van der Waals surface area contributed by atoms with Crippen LogP contribution in [0.1, 0.15) is 5.69 Å². The molecule has 7 nitrogen and oxygen atoms in total. The average Bonchev–Trinajstić information content (AvgIpc) is 3.20. The minimum Gasteiger partial charge on any atom is -0.618 e. The molecular weight excluding hydrogens is 364 g/mol. The summed E-state index contributed by atoms with van der Waals surface area (Å²) in [6.07, 6.45) is 7.40. The van der Waals surface area contributed by atoms with Crippen molar-refractivity contribution >= 4 is 11.5 Å². The predicted octanol–water partition coefficient (Wildman–Crippen LogP) is 2.41. The largest absolute Gasteiger partial charge is 0.618 e. The molecule has 0 saturated carbocycles. The van der Waals surface area contributed by atoms with Gasteiger partial charge in [0.05, 0.1) is 11.9 Å². The number of hydrogen-bond donors (Lipinski definition) is 1.